The third-order valence-corrected chi connectivity index (χ3v) is 5.15. The maximum absolute atomic E-state index is 12.5. The Morgan fingerprint density at radius 2 is 1.22 bits per heavy atom. The standard InChI is InChI=1S/C16H29N5O8S3/c1-6(23)11(21-12(24)7(17)3-30)15(27)20-10(5-32)14(26)19-9(4-31)13(25)18-8(2-22)16(28)29/h6-11,22-23,30-32H,2-5,17H2,1H3,(H,18,25)(H,19,26)(H,20,27)(H,21,24)(H,28,29)/t6-,7+,8+,9+,10+,11+/m1/s1. The summed E-state index contributed by atoms with van der Waals surface area (Å²) in [4.78, 5) is 60.0. The van der Waals surface area contributed by atoms with E-state index in [9.17, 15) is 29.1 Å². The number of hydrogen-bond acceptors (Lipinski definition) is 11. The van der Waals surface area contributed by atoms with Gasteiger partial charge in [0.05, 0.1) is 18.8 Å². The van der Waals surface area contributed by atoms with Gasteiger partial charge >= 0.3 is 5.97 Å². The number of aliphatic hydroxyl groups excluding tert-OH is 2. The van der Waals surface area contributed by atoms with Crippen molar-refractivity contribution in [2.75, 3.05) is 23.9 Å². The highest BCUT2D eigenvalue weighted by molar-refractivity contribution is 7.80. The Bertz CT molecular complexity index is 684. The van der Waals surface area contributed by atoms with E-state index in [2.05, 4.69) is 53.8 Å². The highest BCUT2D eigenvalue weighted by atomic mass is 32.1. The zero-order valence-electron chi connectivity index (χ0n) is 17.1. The van der Waals surface area contributed by atoms with Crippen LogP contribution in [0.1, 0.15) is 6.92 Å². The molecule has 6 atom stereocenters. The van der Waals surface area contributed by atoms with Crippen molar-refractivity contribution in [1.82, 2.24) is 21.3 Å². The highest BCUT2D eigenvalue weighted by Gasteiger charge is 2.32. The van der Waals surface area contributed by atoms with Gasteiger partial charge in [-0.2, -0.15) is 37.9 Å². The van der Waals surface area contributed by atoms with Gasteiger partial charge in [-0.05, 0) is 6.92 Å². The van der Waals surface area contributed by atoms with E-state index >= 15 is 0 Å². The SMILES string of the molecule is C[C@@H](O)[C@H](NC(=O)[C@@H](N)CS)C(=O)N[C@@H](CS)C(=O)N[C@@H](CS)C(=O)N[C@@H](CO)C(=O)O. The van der Waals surface area contributed by atoms with E-state index < -0.39 is 72.5 Å². The van der Waals surface area contributed by atoms with E-state index in [1.807, 2.05) is 5.32 Å². The zero-order valence-corrected chi connectivity index (χ0v) is 19.8. The summed E-state index contributed by atoms with van der Waals surface area (Å²) in [6.45, 7) is 0.376. The third-order valence-electron chi connectivity index (χ3n) is 4.02. The third kappa shape index (κ3) is 9.83. The molecule has 0 saturated carbocycles. The van der Waals surface area contributed by atoms with Crippen LogP contribution in [0.2, 0.25) is 0 Å². The van der Waals surface area contributed by atoms with Gasteiger partial charge < -0.3 is 42.3 Å². The van der Waals surface area contributed by atoms with E-state index in [0.717, 1.165) is 0 Å². The number of carboxylic acids is 1. The van der Waals surface area contributed by atoms with Gasteiger partial charge in [-0.1, -0.05) is 0 Å². The van der Waals surface area contributed by atoms with Gasteiger partial charge in [0.1, 0.15) is 24.2 Å². The maximum Gasteiger partial charge on any atom is 0.328 e. The topological polar surface area (TPSA) is 220 Å². The van der Waals surface area contributed by atoms with Crippen LogP contribution in [-0.2, 0) is 24.0 Å². The van der Waals surface area contributed by atoms with Gasteiger partial charge in [-0.25, -0.2) is 4.79 Å². The summed E-state index contributed by atoms with van der Waals surface area (Å²) in [5.74, 6) is -5.36. The quantitative estimate of drug-likeness (QED) is 0.100. The van der Waals surface area contributed by atoms with Crippen molar-refractivity contribution in [2.45, 2.75) is 43.2 Å². The molecule has 0 aliphatic rings. The Balaban J connectivity index is 5.21. The zero-order chi connectivity index (χ0) is 25.0. The average molecular weight is 516 g/mol. The Morgan fingerprint density at radius 3 is 1.56 bits per heavy atom. The molecule has 4 amide bonds. The average Bonchev–Trinajstić information content (AvgIpc) is 2.75. The van der Waals surface area contributed by atoms with Crippen LogP contribution in [-0.4, -0.2) is 105 Å². The lowest BCUT2D eigenvalue weighted by Crippen LogP contribution is -2.61. The van der Waals surface area contributed by atoms with Crippen molar-refractivity contribution in [3.63, 3.8) is 0 Å². The fourth-order valence-electron chi connectivity index (χ4n) is 2.13. The second-order valence-corrected chi connectivity index (χ2v) is 7.68. The van der Waals surface area contributed by atoms with Gasteiger partial charge in [-0.15, -0.1) is 0 Å². The lowest BCUT2D eigenvalue weighted by molar-refractivity contribution is -0.143. The number of thiol groups is 3. The molecule has 13 nitrogen and oxygen atoms in total. The fourth-order valence-corrected chi connectivity index (χ4v) is 2.81. The number of carbonyl (C=O) groups is 5. The molecule has 0 radical (unpaired) electrons. The van der Waals surface area contributed by atoms with Crippen LogP contribution in [0, 0.1) is 0 Å². The minimum Gasteiger partial charge on any atom is -0.480 e. The van der Waals surface area contributed by atoms with E-state index in [0.29, 0.717) is 0 Å². The number of carbonyl (C=O) groups excluding carboxylic acids is 4. The first kappa shape index (κ1) is 30.3. The number of amides is 4. The van der Waals surface area contributed by atoms with Crippen molar-refractivity contribution in [2.24, 2.45) is 5.73 Å². The first-order valence-corrected chi connectivity index (χ1v) is 11.1. The van der Waals surface area contributed by atoms with Gasteiger partial charge in [0.25, 0.3) is 0 Å². The summed E-state index contributed by atoms with van der Waals surface area (Å²) in [6, 6.07) is -6.63. The molecule has 0 saturated heterocycles. The highest BCUT2D eigenvalue weighted by Crippen LogP contribution is 2.00. The first-order chi connectivity index (χ1) is 14.9. The van der Waals surface area contributed by atoms with Gasteiger partial charge in [0.2, 0.25) is 23.6 Å². The molecule has 9 N–H and O–H groups in total. The number of rotatable bonds is 14. The van der Waals surface area contributed by atoms with Crippen LogP contribution in [0.3, 0.4) is 0 Å². The van der Waals surface area contributed by atoms with Crippen LogP contribution in [0.25, 0.3) is 0 Å². The Morgan fingerprint density at radius 1 is 0.781 bits per heavy atom. The Kier molecular flexibility index (Phi) is 14.4. The molecular weight excluding hydrogens is 486 g/mol. The summed E-state index contributed by atoms with van der Waals surface area (Å²) >= 11 is 11.8. The number of carboxylic acid groups (broad SMARTS) is 1. The van der Waals surface area contributed by atoms with Crippen LogP contribution < -0.4 is 27.0 Å². The Hall–Kier alpha value is -1.72. The summed E-state index contributed by atoms with van der Waals surface area (Å²) in [5, 5.41) is 36.6. The number of nitrogens with one attached hydrogen (secondary N) is 4. The van der Waals surface area contributed by atoms with Crippen molar-refractivity contribution >= 4 is 67.5 Å². The summed E-state index contributed by atoms with van der Waals surface area (Å²) < 4.78 is 0. The largest absolute Gasteiger partial charge is 0.480 e. The first-order valence-electron chi connectivity index (χ1n) is 9.24. The van der Waals surface area contributed by atoms with E-state index in [1.165, 1.54) is 6.92 Å². The lowest BCUT2D eigenvalue weighted by Gasteiger charge is -2.26. The number of hydrogen-bond donors (Lipinski definition) is 11. The molecule has 0 spiro atoms. The molecule has 184 valence electrons. The van der Waals surface area contributed by atoms with Crippen molar-refractivity contribution in [3.05, 3.63) is 0 Å². The summed E-state index contributed by atoms with van der Waals surface area (Å²) in [6.07, 6.45) is -1.34. The Labute approximate surface area is 200 Å². The van der Waals surface area contributed by atoms with E-state index in [1.54, 1.807) is 0 Å². The molecule has 0 aromatic carbocycles. The van der Waals surface area contributed by atoms with Gasteiger partial charge in [-0.3, -0.25) is 19.2 Å². The lowest BCUT2D eigenvalue weighted by atomic mass is 10.1. The monoisotopic (exact) mass is 515 g/mol. The molecule has 0 aromatic rings. The molecule has 0 aliphatic heterocycles. The molecular formula is C16H29N5O8S3. The van der Waals surface area contributed by atoms with Crippen molar-refractivity contribution in [1.29, 1.82) is 0 Å². The van der Waals surface area contributed by atoms with E-state index in [4.69, 9.17) is 15.9 Å². The fraction of sp³-hybridized carbons (Fsp3) is 0.688. The molecule has 0 aromatic heterocycles. The molecule has 0 unspecified atom stereocenters. The molecule has 32 heavy (non-hydrogen) atoms. The van der Waals surface area contributed by atoms with Crippen molar-refractivity contribution in [3.8, 4) is 0 Å². The number of aliphatic carboxylic acids is 1. The molecule has 0 heterocycles. The molecule has 0 aliphatic carbocycles. The second kappa shape index (κ2) is 15.2. The normalized spacial score (nSPS) is 16.5. The molecule has 0 rings (SSSR count). The second-order valence-electron chi connectivity index (χ2n) is 6.59. The summed E-state index contributed by atoms with van der Waals surface area (Å²) in [7, 11) is 0. The predicted molar refractivity (Wildman–Crippen MR) is 124 cm³/mol. The van der Waals surface area contributed by atoms with Crippen LogP contribution >= 0.6 is 37.9 Å². The van der Waals surface area contributed by atoms with Crippen molar-refractivity contribution < 1.29 is 39.3 Å². The molecule has 0 fully saturated rings. The minimum absolute atomic E-state index is 0.00610. The summed E-state index contributed by atoms with van der Waals surface area (Å²) in [5.41, 5.74) is 5.53. The van der Waals surface area contributed by atoms with Crippen LogP contribution in [0.5, 0.6) is 0 Å². The van der Waals surface area contributed by atoms with E-state index in [-0.39, 0.29) is 17.3 Å². The number of nitrogens with two attached hydrogens (primary N) is 1. The van der Waals surface area contributed by atoms with Crippen LogP contribution in [0.4, 0.5) is 0 Å². The van der Waals surface area contributed by atoms with Crippen LogP contribution in [0.15, 0.2) is 0 Å². The maximum atomic E-state index is 12.5. The number of aliphatic hydroxyl groups is 2. The minimum atomic E-state index is -1.58. The molecule has 0 bridgehead atoms. The van der Waals surface area contributed by atoms with Gasteiger partial charge in [0, 0.05) is 17.3 Å². The predicted octanol–water partition coefficient (Wildman–Crippen LogP) is -4.50. The van der Waals surface area contributed by atoms with Gasteiger partial charge in [0.15, 0.2) is 0 Å². The smallest absolute Gasteiger partial charge is 0.328 e. The molecule has 16 heteroatoms.